The minimum atomic E-state index is -4.18. The molecule has 10 heteroatoms. The molecule has 0 aromatic heterocycles. The molecule has 4 aromatic rings. The minimum absolute atomic E-state index is 0.0400. The summed E-state index contributed by atoms with van der Waals surface area (Å²) < 4.78 is 29.2. The Kier molecular flexibility index (Phi) is 12.0. The van der Waals surface area contributed by atoms with Gasteiger partial charge in [0.25, 0.3) is 10.0 Å². The number of aryl methyl sites for hydroxylation is 1. The Morgan fingerprint density at radius 2 is 1.47 bits per heavy atom. The van der Waals surface area contributed by atoms with Crippen LogP contribution >= 0.6 is 23.2 Å². The minimum Gasteiger partial charge on any atom is -0.354 e. The van der Waals surface area contributed by atoms with Gasteiger partial charge in [0.1, 0.15) is 12.6 Å². The monoisotopic (exact) mass is 665 g/mol. The first kappa shape index (κ1) is 34.0. The lowest BCUT2D eigenvalue weighted by molar-refractivity contribution is -0.140. The van der Waals surface area contributed by atoms with Gasteiger partial charge in [0.2, 0.25) is 11.8 Å². The van der Waals surface area contributed by atoms with E-state index in [9.17, 15) is 18.0 Å². The Balaban J connectivity index is 1.82. The van der Waals surface area contributed by atoms with E-state index >= 15 is 0 Å². The quantitative estimate of drug-likeness (QED) is 0.146. The van der Waals surface area contributed by atoms with E-state index in [1.54, 1.807) is 54.6 Å². The highest BCUT2D eigenvalue weighted by Crippen LogP contribution is 2.29. The third-order valence-electron chi connectivity index (χ3n) is 7.39. The SMILES string of the molecule is CCCCNC(=O)C(Cc1ccccc1)N(Cc1c(Cl)cccc1Cl)C(=O)CN(c1cccc(C)c1)S(=O)(=O)c1ccccc1. The van der Waals surface area contributed by atoms with E-state index in [2.05, 4.69) is 5.32 Å². The number of hydrogen-bond acceptors (Lipinski definition) is 4. The summed E-state index contributed by atoms with van der Waals surface area (Å²) in [6, 6.07) is 28.3. The molecule has 236 valence electrons. The van der Waals surface area contributed by atoms with Gasteiger partial charge in [0, 0.05) is 35.1 Å². The van der Waals surface area contributed by atoms with Crippen molar-refractivity contribution in [1.82, 2.24) is 10.2 Å². The van der Waals surface area contributed by atoms with Crippen molar-refractivity contribution in [2.24, 2.45) is 0 Å². The summed E-state index contributed by atoms with van der Waals surface area (Å²) in [6.45, 7) is 3.64. The summed E-state index contributed by atoms with van der Waals surface area (Å²) >= 11 is 13.1. The lowest BCUT2D eigenvalue weighted by Gasteiger charge is -2.34. The maximum absolute atomic E-state index is 14.5. The molecule has 0 saturated carbocycles. The molecule has 0 bridgehead atoms. The fourth-order valence-electron chi connectivity index (χ4n) is 4.95. The second-order valence-corrected chi connectivity index (χ2v) is 13.4. The van der Waals surface area contributed by atoms with E-state index in [-0.39, 0.29) is 23.8 Å². The van der Waals surface area contributed by atoms with E-state index < -0.39 is 28.5 Å². The van der Waals surface area contributed by atoms with Gasteiger partial charge < -0.3 is 10.2 Å². The summed E-state index contributed by atoms with van der Waals surface area (Å²) in [6.07, 6.45) is 1.84. The highest BCUT2D eigenvalue weighted by atomic mass is 35.5. The molecule has 0 aliphatic rings. The molecule has 0 aliphatic carbocycles. The Bertz CT molecular complexity index is 1680. The van der Waals surface area contributed by atoms with Crippen LogP contribution in [-0.2, 0) is 32.6 Å². The van der Waals surface area contributed by atoms with Crippen molar-refractivity contribution in [2.45, 2.75) is 50.6 Å². The molecule has 45 heavy (non-hydrogen) atoms. The number of nitrogens with one attached hydrogen (secondary N) is 1. The Labute approximate surface area is 275 Å². The number of benzene rings is 4. The number of rotatable bonds is 14. The third kappa shape index (κ3) is 8.87. The number of amides is 2. The molecular weight excluding hydrogens is 629 g/mol. The Morgan fingerprint density at radius 3 is 2.09 bits per heavy atom. The summed E-state index contributed by atoms with van der Waals surface area (Å²) in [5.74, 6) is -0.935. The first-order valence-corrected chi connectivity index (χ1v) is 17.0. The molecular formula is C35H37Cl2N3O4S. The van der Waals surface area contributed by atoms with Crippen molar-refractivity contribution in [3.05, 3.63) is 130 Å². The molecule has 7 nitrogen and oxygen atoms in total. The fraction of sp³-hybridized carbons (Fsp3) is 0.257. The average molecular weight is 667 g/mol. The number of halogens is 2. The largest absolute Gasteiger partial charge is 0.354 e. The zero-order valence-corrected chi connectivity index (χ0v) is 27.7. The highest BCUT2D eigenvalue weighted by Gasteiger charge is 2.35. The summed E-state index contributed by atoms with van der Waals surface area (Å²) in [5, 5.41) is 3.63. The van der Waals surface area contributed by atoms with Gasteiger partial charge in [-0.1, -0.05) is 103 Å². The molecule has 0 fully saturated rings. The molecule has 4 rings (SSSR count). The van der Waals surface area contributed by atoms with Gasteiger partial charge >= 0.3 is 0 Å². The van der Waals surface area contributed by atoms with E-state index in [0.717, 1.165) is 28.3 Å². The molecule has 0 radical (unpaired) electrons. The van der Waals surface area contributed by atoms with E-state index in [0.29, 0.717) is 27.8 Å². The van der Waals surface area contributed by atoms with Crippen LogP contribution in [0.1, 0.15) is 36.5 Å². The van der Waals surface area contributed by atoms with Crippen LogP contribution in [0.4, 0.5) is 5.69 Å². The van der Waals surface area contributed by atoms with Crippen LogP contribution in [0.25, 0.3) is 0 Å². The molecule has 4 aromatic carbocycles. The van der Waals surface area contributed by atoms with Crippen molar-refractivity contribution in [1.29, 1.82) is 0 Å². The van der Waals surface area contributed by atoms with Gasteiger partial charge in [-0.05, 0) is 60.9 Å². The van der Waals surface area contributed by atoms with Crippen molar-refractivity contribution in [3.63, 3.8) is 0 Å². The summed E-state index contributed by atoms with van der Waals surface area (Å²) in [5.41, 5.74) is 2.45. The van der Waals surface area contributed by atoms with Gasteiger partial charge in [-0.25, -0.2) is 8.42 Å². The van der Waals surface area contributed by atoms with Gasteiger partial charge in [0.15, 0.2) is 0 Å². The van der Waals surface area contributed by atoms with E-state index in [1.807, 2.05) is 50.2 Å². The zero-order valence-electron chi connectivity index (χ0n) is 25.3. The normalized spacial score (nSPS) is 11.9. The van der Waals surface area contributed by atoms with Crippen LogP contribution in [0.2, 0.25) is 10.0 Å². The van der Waals surface area contributed by atoms with Crippen molar-refractivity contribution in [3.8, 4) is 0 Å². The van der Waals surface area contributed by atoms with Gasteiger partial charge in [0.05, 0.1) is 10.6 Å². The van der Waals surface area contributed by atoms with Crippen LogP contribution in [0.15, 0.2) is 108 Å². The number of anilines is 1. The third-order valence-corrected chi connectivity index (χ3v) is 9.89. The van der Waals surface area contributed by atoms with Crippen molar-refractivity contribution >= 4 is 50.7 Å². The van der Waals surface area contributed by atoms with Crippen molar-refractivity contribution in [2.75, 3.05) is 17.4 Å². The molecule has 0 saturated heterocycles. The second-order valence-electron chi connectivity index (χ2n) is 10.7. The average Bonchev–Trinajstić information content (AvgIpc) is 3.03. The number of carbonyl (C=O) groups excluding carboxylic acids is 2. The number of sulfonamides is 1. The number of carbonyl (C=O) groups is 2. The first-order valence-electron chi connectivity index (χ1n) is 14.8. The standard InChI is InChI=1S/C35H37Cl2N3O4S/c1-3-4-21-38-35(42)33(23-27-14-7-5-8-15-27)39(24-30-31(36)19-12-20-32(30)37)34(41)25-40(28-16-11-13-26(2)22-28)45(43,44)29-17-9-6-10-18-29/h5-20,22,33H,3-4,21,23-25H2,1-2H3,(H,38,42). The molecule has 1 N–H and O–H groups in total. The highest BCUT2D eigenvalue weighted by molar-refractivity contribution is 7.92. The molecule has 1 unspecified atom stereocenters. The topological polar surface area (TPSA) is 86.8 Å². The number of unbranched alkanes of at least 4 members (excludes halogenated alkanes) is 1. The zero-order chi connectivity index (χ0) is 32.4. The van der Waals surface area contributed by atoms with Crippen molar-refractivity contribution < 1.29 is 18.0 Å². The summed E-state index contributed by atoms with van der Waals surface area (Å²) in [4.78, 5) is 29.8. The fourth-order valence-corrected chi connectivity index (χ4v) is 6.89. The first-order chi connectivity index (χ1) is 21.6. The molecule has 0 spiro atoms. The molecule has 2 amide bonds. The summed E-state index contributed by atoms with van der Waals surface area (Å²) in [7, 11) is -4.18. The smallest absolute Gasteiger partial charge is 0.264 e. The van der Waals surface area contributed by atoms with Crippen LogP contribution in [0.3, 0.4) is 0 Å². The number of hydrogen-bond donors (Lipinski definition) is 1. The van der Waals surface area contributed by atoms with E-state index in [4.69, 9.17) is 23.2 Å². The Hall–Kier alpha value is -3.85. The van der Waals surface area contributed by atoms with Gasteiger partial charge in [-0.15, -0.1) is 0 Å². The lowest BCUT2D eigenvalue weighted by Crippen LogP contribution is -2.53. The van der Waals surface area contributed by atoms with Crippen LogP contribution in [-0.4, -0.2) is 44.3 Å². The number of nitrogens with zero attached hydrogens (tertiary/aromatic N) is 2. The maximum atomic E-state index is 14.5. The van der Waals surface area contributed by atoms with Crippen LogP contribution in [0, 0.1) is 6.92 Å². The van der Waals surface area contributed by atoms with Gasteiger partial charge in [-0.2, -0.15) is 0 Å². The lowest BCUT2D eigenvalue weighted by atomic mass is 10.0. The van der Waals surface area contributed by atoms with E-state index in [1.165, 1.54) is 17.0 Å². The molecule has 0 aliphatic heterocycles. The predicted molar refractivity (Wildman–Crippen MR) is 181 cm³/mol. The molecule has 0 heterocycles. The Morgan fingerprint density at radius 1 is 0.844 bits per heavy atom. The van der Waals surface area contributed by atoms with Crippen LogP contribution in [0.5, 0.6) is 0 Å². The second kappa shape index (κ2) is 15.9. The predicted octanol–water partition coefficient (Wildman–Crippen LogP) is 7.05. The van der Waals surface area contributed by atoms with Crippen LogP contribution < -0.4 is 9.62 Å². The maximum Gasteiger partial charge on any atom is 0.264 e. The molecule has 1 atom stereocenters. The van der Waals surface area contributed by atoms with Gasteiger partial charge in [-0.3, -0.25) is 13.9 Å².